The number of rotatable bonds is 4. The first kappa shape index (κ1) is 30.2. The molecule has 2 aliphatic rings. The van der Waals surface area contributed by atoms with Gasteiger partial charge < -0.3 is 19.7 Å². The number of epoxide rings is 1. The third-order valence-corrected chi connectivity index (χ3v) is 9.20. The fourth-order valence-corrected chi connectivity index (χ4v) is 6.09. The smallest absolute Gasteiger partial charge is 0.309 e. The summed E-state index contributed by atoms with van der Waals surface area (Å²) in [5.74, 6) is -1.57. The minimum atomic E-state index is -1.27. The van der Waals surface area contributed by atoms with E-state index in [2.05, 4.69) is 4.98 Å². The Morgan fingerprint density at radius 1 is 1.30 bits per heavy atom. The molecule has 2 saturated heterocycles. The molecule has 3 heterocycles. The summed E-state index contributed by atoms with van der Waals surface area (Å²) in [6, 6.07) is 0. The van der Waals surface area contributed by atoms with E-state index in [0.29, 0.717) is 23.6 Å². The molecule has 7 nitrogen and oxygen atoms in total. The molecule has 0 radical (unpaired) electrons. The number of hydrogen-bond donors (Lipinski definition) is 2. The molecule has 208 valence electrons. The molecule has 2 aliphatic heterocycles. The second-order valence-corrected chi connectivity index (χ2v) is 13.0. The molecule has 0 aromatic carbocycles. The number of cyclic esters (lactones) is 1. The van der Waals surface area contributed by atoms with Crippen molar-refractivity contribution in [2.24, 2.45) is 17.3 Å². The summed E-state index contributed by atoms with van der Waals surface area (Å²) in [6.07, 6.45) is 2.38. The Morgan fingerprint density at radius 3 is 2.62 bits per heavy atom. The lowest BCUT2D eigenvalue weighted by molar-refractivity contribution is -0.154. The molecular weight excluding hydrogens is 514 g/mol. The summed E-state index contributed by atoms with van der Waals surface area (Å²) in [5.41, 5.74) is -0.903. The predicted octanol–water partition coefficient (Wildman–Crippen LogP) is 5.43. The van der Waals surface area contributed by atoms with Crippen molar-refractivity contribution in [2.75, 3.05) is 0 Å². The number of carbonyl (C=O) groups excluding carboxylic acids is 2. The van der Waals surface area contributed by atoms with E-state index in [-0.39, 0.29) is 29.8 Å². The van der Waals surface area contributed by atoms with Gasteiger partial charge in [-0.3, -0.25) is 9.59 Å². The number of hydrogen-bond acceptors (Lipinski definition) is 8. The number of aliphatic hydroxyl groups is 2. The van der Waals surface area contributed by atoms with Crippen molar-refractivity contribution < 1.29 is 29.3 Å². The van der Waals surface area contributed by atoms with Gasteiger partial charge >= 0.3 is 5.97 Å². The molecule has 3 rings (SSSR count). The van der Waals surface area contributed by atoms with Crippen LogP contribution in [-0.4, -0.2) is 57.0 Å². The van der Waals surface area contributed by atoms with E-state index < -0.39 is 35.6 Å². The van der Waals surface area contributed by atoms with Crippen LogP contribution in [0.25, 0.3) is 6.08 Å². The van der Waals surface area contributed by atoms with Crippen LogP contribution in [0, 0.1) is 24.2 Å². The summed E-state index contributed by atoms with van der Waals surface area (Å²) in [5, 5.41) is 25.3. The van der Waals surface area contributed by atoms with E-state index in [1.54, 1.807) is 19.9 Å². The number of carbonyl (C=O) groups is 2. The molecule has 1 aromatic rings. The summed E-state index contributed by atoms with van der Waals surface area (Å²) in [4.78, 5) is 31.0. The Bertz CT molecular complexity index is 993. The van der Waals surface area contributed by atoms with Crippen molar-refractivity contribution in [3.63, 3.8) is 0 Å². The second-order valence-electron chi connectivity index (χ2n) is 11.5. The summed E-state index contributed by atoms with van der Waals surface area (Å²) in [6.45, 7) is 11.2. The summed E-state index contributed by atoms with van der Waals surface area (Å²) < 4.78 is 11.8. The number of fused-ring (bicyclic) bond motifs is 1. The number of aliphatic hydroxyl groups excluding tert-OH is 2. The van der Waals surface area contributed by atoms with E-state index in [0.717, 1.165) is 30.7 Å². The Morgan fingerprint density at radius 2 is 2.00 bits per heavy atom. The number of aromatic nitrogens is 1. The maximum absolute atomic E-state index is 13.6. The van der Waals surface area contributed by atoms with Gasteiger partial charge in [-0.1, -0.05) is 52.1 Å². The second kappa shape index (κ2) is 12.2. The highest BCUT2D eigenvalue weighted by atomic mass is 35.5. The molecule has 2 N–H and O–H groups in total. The first-order valence-electron chi connectivity index (χ1n) is 13.4. The first-order valence-corrected chi connectivity index (χ1v) is 14.6. The monoisotopic (exact) mass is 555 g/mol. The molecular formula is C28H42ClNO6S. The van der Waals surface area contributed by atoms with Gasteiger partial charge in [-0.05, 0) is 45.1 Å². The lowest BCUT2D eigenvalue weighted by Gasteiger charge is -2.36. The lowest BCUT2D eigenvalue weighted by atomic mass is 9.71. The van der Waals surface area contributed by atoms with Crippen LogP contribution in [0.1, 0.15) is 90.3 Å². The molecule has 0 spiro atoms. The molecule has 1 aromatic heterocycles. The van der Waals surface area contributed by atoms with Gasteiger partial charge in [0, 0.05) is 17.7 Å². The predicted molar refractivity (Wildman–Crippen MR) is 145 cm³/mol. The van der Waals surface area contributed by atoms with Crippen LogP contribution >= 0.6 is 22.9 Å². The van der Waals surface area contributed by atoms with Gasteiger partial charge in [0.1, 0.15) is 11.9 Å². The molecule has 0 amide bonds. The third-order valence-electron chi connectivity index (χ3n) is 8.06. The van der Waals surface area contributed by atoms with E-state index in [1.807, 2.05) is 33.1 Å². The standard InChI is InChI=1S/C28H42ClNO6S/c1-7-9-19-25(33)16(2)10-8-11-28(6)23(36-28)13-21(20(29)12-18-15-37-17(3)30-18)35-24(32)14-22(31)27(4,5)26(19)34/h12,15-16,19,21-23,25,31,33H,7-11,13-14H2,1-6H3/t16-,19+,21-,22-,23-,25?,28?/m0/s1. The average Bonchev–Trinajstić information content (AvgIpc) is 3.27. The van der Waals surface area contributed by atoms with Crippen LogP contribution in [0.5, 0.6) is 0 Å². The molecule has 0 aliphatic carbocycles. The number of thiazole rings is 1. The maximum Gasteiger partial charge on any atom is 0.309 e. The van der Waals surface area contributed by atoms with Crippen LogP contribution in [0.4, 0.5) is 0 Å². The molecule has 2 fully saturated rings. The van der Waals surface area contributed by atoms with Crippen molar-refractivity contribution >= 4 is 40.8 Å². The fourth-order valence-electron chi connectivity index (χ4n) is 5.27. The molecule has 9 heteroatoms. The van der Waals surface area contributed by atoms with Gasteiger partial charge in [-0.2, -0.15) is 0 Å². The van der Waals surface area contributed by atoms with E-state index in [1.165, 1.54) is 11.3 Å². The molecule has 37 heavy (non-hydrogen) atoms. The van der Waals surface area contributed by atoms with E-state index in [4.69, 9.17) is 21.1 Å². The van der Waals surface area contributed by atoms with Crippen molar-refractivity contribution in [3.05, 3.63) is 21.1 Å². The van der Waals surface area contributed by atoms with E-state index in [9.17, 15) is 19.8 Å². The molecule has 2 unspecified atom stereocenters. The number of esters is 1. The number of ether oxygens (including phenoxy) is 2. The average molecular weight is 556 g/mol. The topological polar surface area (TPSA) is 109 Å². The molecule has 0 saturated carbocycles. The highest BCUT2D eigenvalue weighted by Gasteiger charge is 2.53. The normalized spacial score (nSPS) is 36.1. The van der Waals surface area contributed by atoms with Crippen LogP contribution in [-0.2, 0) is 19.1 Å². The Hall–Kier alpha value is -1.32. The number of ketones is 1. The minimum Gasteiger partial charge on any atom is -0.456 e. The van der Waals surface area contributed by atoms with Crippen molar-refractivity contribution in [2.45, 2.75) is 117 Å². The van der Waals surface area contributed by atoms with Gasteiger partial charge in [-0.25, -0.2) is 4.98 Å². The highest BCUT2D eigenvalue weighted by molar-refractivity contribution is 7.09. The van der Waals surface area contributed by atoms with Gasteiger partial charge in [-0.15, -0.1) is 11.3 Å². The first-order chi connectivity index (χ1) is 17.3. The summed E-state index contributed by atoms with van der Waals surface area (Å²) in [7, 11) is 0. The number of aryl methyl sites for hydroxylation is 1. The van der Waals surface area contributed by atoms with Gasteiger partial charge in [0.15, 0.2) is 0 Å². The van der Waals surface area contributed by atoms with Crippen LogP contribution in [0.15, 0.2) is 10.4 Å². The van der Waals surface area contributed by atoms with Crippen LogP contribution in [0.3, 0.4) is 0 Å². The Labute approximate surface area is 229 Å². The zero-order valence-electron chi connectivity index (χ0n) is 22.8. The zero-order chi connectivity index (χ0) is 27.5. The van der Waals surface area contributed by atoms with Crippen molar-refractivity contribution in [1.82, 2.24) is 4.98 Å². The van der Waals surface area contributed by atoms with Crippen molar-refractivity contribution in [1.29, 1.82) is 0 Å². The SMILES string of the molecule is CCC[C@H]1C(=O)C(C)(C)[C@@H](O)CC(=O)O[C@H](C(Cl)=Cc2csc(C)n2)C[C@@H]2OC2(C)CCC[C@H](C)C1O. The minimum absolute atomic E-state index is 0.0844. The lowest BCUT2D eigenvalue weighted by Crippen LogP contribution is -2.46. The molecule has 7 atom stereocenters. The third kappa shape index (κ3) is 7.41. The van der Waals surface area contributed by atoms with Gasteiger partial charge in [0.2, 0.25) is 0 Å². The largest absolute Gasteiger partial charge is 0.456 e. The number of Topliss-reactive ketones (excluding diaryl/α,β-unsaturated/α-hetero) is 1. The van der Waals surface area contributed by atoms with Crippen LogP contribution in [0.2, 0.25) is 0 Å². The molecule has 0 bridgehead atoms. The highest BCUT2D eigenvalue weighted by Crippen LogP contribution is 2.45. The Balaban J connectivity index is 1.88. The van der Waals surface area contributed by atoms with Crippen molar-refractivity contribution in [3.8, 4) is 0 Å². The quantitative estimate of drug-likeness (QED) is 0.376. The number of nitrogens with zero attached hydrogens (tertiary/aromatic N) is 1. The zero-order valence-corrected chi connectivity index (χ0v) is 24.4. The van der Waals surface area contributed by atoms with E-state index >= 15 is 0 Å². The Kier molecular flexibility index (Phi) is 10.0. The van der Waals surface area contributed by atoms with Gasteiger partial charge in [0.25, 0.3) is 0 Å². The summed E-state index contributed by atoms with van der Waals surface area (Å²) >= 11 is 8.15. The van der Waals surface area contributed by atoms with Gasteiger partial charge in [0.05, 0.1) is 51.5 Å². The maximum atomic E-state index is 13.6. The fraction of sp³-hybridized carbons (Fsp3) is 0.750. The number of halogens is 1. The van der Waals surface area contributed by atoms with Crippen LogP contribution < -0.4 is 0 Å².